The topological polar surface area (TPSA) is 20.7 Å². The molecule has 4 heteroatoms. The molecule has 3 rings (SSSR count). The first-order valence-electron chi connectivity index (χ1n) is 6.18. The summed E-state index contributed by atoms with van der Waals surface area (Å²) in [6.45, 7) is 2.10. The number of aromatic nitrogens is 2. The van der Waals surface area contributed by atoms with Gasteiger partial charge in [-0.3, -0.25) is 4.57 Å². The van der Waals surface area contributed by atoms with Crippen molar-refractivity contribution in [1.82, 2.24) is 9.55 Å². The Morgan fingerprint density at radius 1 is 1.21 bits per heavy atom. The quantitative estimate of drug-likeness (QED) is 0.686. The predicted molar refractivity (Wildman–Crippen MR) is 77.8 cm³/mol. The van der Waals surface area contributed by atoms with Crippen LogP contribution in [0.25, 0.3) is 16.7 Å². The third kappa shape index (κ3) is 2.08. The zero-order chi connectivity index (χ0) is 13.4. The van der Waals surface area contributed by atoms with E-state index in [9.17, 15) is 4.39 Å². The molecule has 0 aliphatic carbocycles. The van der Waals surface area contributed by atoms with Crippen molar-refractivity contribution in [2.75, 3.05) is 0 Å². The molecule has 0 unspecified atom stereocenters. The predicted octanol–water partition coefficient (Wildman–Crippen LogP) is 4.39. The maximum absolute atomic E-state index is 13.4. The summed E-state index contributed by atoms with van der Waals surface area (Å²) in [6.07, 6.45) is 0.956. The van der Waals surface area contributed by atoms with E-state index < -0.39 is 0 Å². The van der Waals surface area contributed by atoms with Crippen LogP contribution in [0.2, 0.25) is 0 Å². The maximum Gasteiger partial charge on any atom is 0.182 e. The van der Waals surface area contributed by atoms with Gasteiger partial charge in [-0.25, -0.2) is 4.39 Å². The Hall–Kier alpha value is -1.94. The van der Waals surface area contributed by atoms with E-state index >= 15 is 0 Å². The van der Waals surface area contributed by atoms with Gasteiger partial charge in [0.2, 0.25) is 0 Å². The lowest BCUT2D eigenvalue weighted by atomic mass is 10.1. The number of H-pyrrole nitrogens is 1. The Morgan fingerprint density at radius 2 is 2.05 bits per heavy atom. The minimum atomic E-state index is -0.262. The summed E-state index contributed by atoms with van der Waals surface area (Å²) in [5.41, 5.74) is 3.79. The lowest BCUT2D eigenvalue weighted by Gasteiger charge is -2.06. The van der Waals surface area contributed by atoms with Gasteiger partial charge < -0.3 is 4.98 Å². The van der Waals surface area contributed by atoms with E-state index in [4.69, 9.17) is 12.2 Å². The molecule has 2 nitrogen and oxygen atoms in total. The highest BCUT2D eigenvalue weighted by Crippen LogP contribution is 2.21. The third-order valence-electron chi connectivity index (χ3n) is 3.22. The van der Waals surface area contributed by atoms with Gasteiger partial charge in [0.1, 0.15) is 5.82 Å². The van der Waals surface area contributed by atoms with Gasteiger partial charge in [0, 0.05) is 11.8 Å². The highest BCUT2D eigenvalue weighted by molar-refractivity contribution is 7.71. The molecule has 0 spiro atoms. The molecule has 0 saturated heterocycles. The van der Waals surface area contributed by atoms with Gasteiger partial charge in [-0.15, -0.1) is 0 Å². The second-order valence-corrected chi connectivity index (χ2v) is 4.84. The molecule has 1 heterocycles. The standard InChI is InChI=1S/C15H13FN2S/c1-2-10-4-3-5-12(8-10)18-14-9-11(16)6-7-13(14)17-15(18)19/h3-9H,2H2,1H3,(H,17,19). The molecule has 0 amide bonds. The van der Waals surface area contributed by atoms with Crippen LogP contribution in [-0.2, 0) is 6.42 Å². The lowest BCUT2D eigenvalue weighted by Crippen LogP contribution is -1.95. The van der Waals surface area contributed by atoms with Crippen LogP contribution in [0.1, 0.15) is 12.5 Å². The average Bonchev–Trinajstić information content (AvgIpc) is 2.74. The summed E-state index contributed by atoms with van der Waals surface area (Å²) in [5, 5.41) is 0. The second-order valence-electron chi connectivity index (χ2n) is 4.45. The fourth-order valence-electron chi connectivity index (χ4n) is 2.25. The Kier molecular flexibility index (Phi) is 2.95. The molecule has 0 fully saturated rings. The molecule has 3 aromatic rings. The van der Waals surface area contributed by atoms with Crippen LogP contribution in [0.5, 0.6) is 0 Å². The number of hydrogen-bond acceptors (Lipinski definition) is 1. The molecule has 0 atom stereocenters. The van der Waals surface area contributed by atoms with Crippen molar-refractivity contribution in [1.29, 1.82) is 0 Å². The van der Waals surface area contributed by atoms with E-state index in [2.05, 4.69) is 24.0 Å². The fourth-order valence-corrected chi connectivity index (χ4v) is 2.56. The summed E-state index contributed by atoms with van der Waals surface area (Å²) in [5.74, 6) is -0.262. The summed E-state index contributed by atoms with van der Waals surface area (Å²) >= 11 is 5.34. The first kappa shape index (κ1) is 12.1. The van der Waals surface area contributed by atoms with Crippen molar-refractivity contribution in [2.45, 2.75) is 13.3 Å². The molecular formula is C15H13FN2S. The molecule has 96 valence electrons. The molecule has 0 radical (unpaired) electrons. The van der Waals surface area contributed by atoms with Crippen LogP contribution in [0.4, 0.5) is 4.39 Å². The van der Waals surface area contributed by atoms with Crippen molar-refractivity contribution in [3.05, 3.63) is 58.6 Å². The normalized spacial score (nSPS) is 11.1. The zero-order valence-electron chi connectivity index (χ0n) is 10.5. The van der Waals surface area contributed by atoms with Crippen LogP contribution in [0.3, 0.4) is 0 Å². The van der Waals surface area contributed by atoms with Gasteiger partial charge in [-0.2, -0.15) is 0 Å². The molecule has 1 aromatic heterocycles. The van der Waals surface area contributed by atoms with Gasteiger partial charge in [-0.1, -0.05) is 19.1 Å². The van der Waals surface area contributed by atoms with Gasteiger partial charge in [0.05, 0.1) is 11.0 Å². The molecule has 19 heavy (non-hydrogen) atoms. The first-order chi connectivity index (χ1) is 9.19. The lowest BCUT2D eigenvalue weighted by molar-refractivity contribution is 0.629. The van der Waals surface area contributed by atoms with Gasteiger partial charge in [0.25, 0.3) is 0 Å². The Morgan fingerprint density at radius 3 is 2.84 bits per heavy atom. The molecular weight excluding hydrogens is 259 g/mol. The Bertz CT molecular complexity index is 801. The van der Waals surface area contributed by atoms with Crippen LogP contribution < -0.4 is 0 Å². The summed E-state index contributed by atoms with van der Waals surface area (Å²) in [4.78, 5) is 3.10. The maximum atomic E-state index is 13.4. The molecule has 2 aromatic carbocycles. The van der Waals surface area contributed by atoms with E-state index in [0.717, 1.165) is 23.1 Å². The number of hydrogen-bond donors (Lipinski definition) is 1. The second kappa shape index (κ2) is 4.63. The number of fused-ring (bicyclic) bond motifs is 1. The van der Waals surface area contributed by atoms with Crippen LogP contribution in [-0.4, -0.2) is 9.55 Å². The Balaban J connectivity index is 2.32. The van der Waals surface area contributed by atoms with E-state index in [1.807, 2.05) is 16.7 Å². The number of aromatic amines is 1. The van der Waals surface area contributed by atoms with E-state index in [-0.39, 0.29) is 5.82 Å². The largest absolute Gasteiger partial charge is 0.330 e. The molecule has 0 aliphatic rings. The number of rotatable bonds is 2. The molecule has 1 N–H and O–H groups in total. The highest BCUT2D eigenvalue weighted by Gasteiger charge is 2.07. The zero-order valence-corrected chi connectivity index (χ0v) is 11.3. The van der Waals surface area contributed by atoms with Crippen molar-refractivity contribution in [3.8, 4) is 5.69 Å². The summed E-state index contributed by atoms with van der Waals surface area (Å²) in [6, 6.07) is 12.8. The molecule has 0 saturated carbocycles. The van der Waals surface area contributed by atoms with Crippen molar-refractivity contribution >= 4 is 23.3 Å². The van der Waals surface area contributed by atoms with Crippen LogP contribution in [0.15, 0.2) is 42.5 Å². The fraction of sp³-hybridized carbons (Fsp3) is 0.133. The number of imidazole rings is 1. The van der Waals surface area contributed by atoms with Gasteiger partial charge in [-0.05, 0) is 48.5 Å². The number of nitrogens with zero attached hydrogens (tertiary/aromatic N) is 1. The van der Waals surface area contributed by atoms with Crippen LogP contribution in [0, 0.1) is 10.6 Å². The molecule has 0 bridgehead atoms. The SMILES string of the molecule is CCc1cccc(-n2c(=S)[nH]c3ccc(F)cc32)c1. The van der Waals surface area contributed by atoms with Crippen molar-refractivity contribution < 1.29 is 4.39 Å². The van der Waals surface area contributed by atoms with Gasteiger partial charge >= 0.3 is 0 Å². The minimum absolute atomic E-state index is 0.262. The van der Waals surface area contributed by atoms with E-state index in [0.29, 0.717) is 4.77 Å². The Labute approximate surface area is 115 Å². The van der Waals surface area contributed by atoms with Crippen LogP contribution >= 0.6 is 12.2 Å². The number of aryl methyl sites for hydroxylation is 1. The first-order valence-corrected chi connectivity index (χ1v) is 6.59. The summed E-state index contributed by atoms with van der Waals surface area (Å²) in [7, 11) is 0. The highest BCUT2D eigenvalue weighted by atomic mass is 32.1. The molecule has 0 aliphatic heterocycles. The average molecular weight is 272 g/mol. The number of halogens is 1. The number of nitrogens with one attached hydrogen (secondary N) is 1. The smallest absolute Gasteiger partial charge is 0.182 e. The van der Waals surface area contributed by atoms with Gasteiger partial charge in [0.15, 0.2) is 4.77 Å². The van der Waals surface area contributed by atoms with Crippen molar-refractivity contribution in [2.24, 2.45) is 0 Å². The van der Waals surface area contributed by atoms with E-state index in [1.165, 1.54) is 17.7 Å². The third-order valence-corrected chi connectivity index (χ3v) is 3.51. The summed E-state index contributed by atoms with van der Waals surface area (Å²) < 4.78 is 15.9. The van der Waals surface area contributed by atoms with Crippen molar-refractivity contribution in [3.63, 3.8) is 0 Å². The minimum Gasteiger partial charge on any atom is -0.330 e. The number of benzene rings is 2. The monoisotopic (exact) mass is 272 g/mol. The van der Waals surface area contributed by atoms with E-state index in [1.54, 1.807) is 6.07 Å².